The Morgan fingerprint density at radius 1 is 0.917 bits per heavy atom. The fourth-order valence-corrected chi connectivity index (χ4v) is 3.44. The first-order valence-corrected chi connectivity index (χ1v) is 8.39. The number of para-hydroxylation sites is 1. The first-order chi connectivity index (χ1) is 11.8. The molecule has 4 rings (SSSR count). The molecule has 0 aliphatic heterocycles. The van der Waals surface area contributed by atoms with Crippen molar-refractivity contribution >= 4 is 33.5 Å². The zero-order valence-electron chi connectivity index (χ0n) is 12.8. The molecule has 4 aromatic rings. The lowest BCUT2D eigenvalue weighted by molar-refractivity contribution is 0.477. The van der Waals surface area contributed by atoms with Gasteiger partial charge in [-0.25, -0.2) is 4.98 Å². The number of benzene rings is 3. The summed E-state index contributed by atoms with van der Waals surface area (Å²) in [5.41, 5.74) is 3.46. The fraction of sp³-hybridized carbons (Fsp3) is 0. The number of phenols is 1. The molecular formula is C20H14N2OS. The van der Waals surface area contributed by atoms with Gasteiger partial charge in [-0.2, -0.15) is 0 Å². The van der Waals surface area contributed by atoms with Crippen molar-refractivity contribution in [3.63, 3.8) is 0 Å². The second-order valence-electron chi connectivity index (χ2n) is 5.36. The summed E-state index contributed by atoms with van der Waals surface area (Å²) in [6, 6.07) is 23.2. The number of aliphatic imine (C=N–C) groups is 1. The van der Waals surface area contributed by atoms with E-state index in [1.54, 1.807) is 23.5 Å². The van der Waals surface area contributed by atoms with E-state index >= 15 is 0 Å². The van der Waals surface area contributed by atoms with E-state index < -0.39 is 0 Å². The summed E-state index contributed by atoms with van der Waals surface area (Å²) < 4.78 is 1.10. The smallest absolute Gasteiger partial charge is 0.128 e. The van der Waals surface area contributed by atoms with E-state index in [9.17, 15) is 5.11 Å². The highest BCUT2D eigenvalue weighted by atomic mass is 32.1. The maximum atomic E-state index is 10.2. The number of nitrogens with zero attached hydrogens (tertiary/aromatic N) is 2. The van der Waals surface area contributed by atoms with Crippen molar-refractivity contribution in [2.75, 3.05) is 0 Å². The van der Waals surface area contributed by atoms with E-state index in [-0.39, 0.29) is 5.75 Å². The van der Waals surface area contributed by atoms with Gasteiger partial charge in [0.25, 0.3) is 0 Å². The highest BCUT2D eigenvalue weighted by molar-refractivity contribution is 7.21. The molecule has 3 aromatic carbocycles. The molecule has 0 aliphatic carbocycles. The second-order valence-corrected chi connectivity index (χ2v) is 6.39. The number of fused-ring (bicyclic) bond motifs is 1. The molecule has 1 N–H and O–H groups in total. The zero-order chi connectivity index (χ0) is 16.4. The van der Waals surface area contributed by atoms with Gasteiger partial charge in [-0.05, 0) is 35.9 Å². The van der Waals surface area contributed by atoms with Gasteiger partial charge in [0.2, 0.25) is 0 Å². The number of phenolic OH excluding ortho intramolecular Hbond substituents is 1. The van der Waals surface area contributed by atoms with Gasteiger partial charge >= 0.3 is 0 Å². The molecule has 0 aliphatic rings. The second kappa shape index (κ2) is 6.26. The molecule has 0 bridgehead atoms. The zero-order valence-corrected chi connectivity index (χ0v) is 13.6. The average Bonchev–Trinajstić information content (AvgIpc) is 3.06. The summed E-state index contributed by atoms with van der Waals surface area (Å²) in [7, 11) is 0. The largest absolute Gasteiger partial charge is 0.507 e. The van der Waals surface area contributed by atoms with E-state index in [1.165, 1.54) is 0 Å². The lowest BCUT2D eigenvalue weighted by atomic mass is 10.2. The molecule has 24 heavy (non-hydrogen) atoms. The quantitative estimate of drug-likeness (QED) is 0.510. The molecule has 3 nitrogen and oxygen atoms in total. The highest BCUT2D eigenvalue weighted by Gasteiger charge is 2.10. The Hall–Kier alpha value is -2.98. The number of rotatable bonds is 3. The first kappa shape index (κ1) is 14.6. The minimum Gasteiger partial charge on any atom is -0.507 e. The molecule has 1 heterocycles. The number of thiazole rings is 1. The predicted molar refractivity (Wildman–Crippen MR) is 100 cm³/mol. The molecule has 0 unspecified atom stereocenters. The number of aromatic nitrogens is 1. The third kappa shape index (κ3) is 2.92. The van der Waals surface area contributed by atoms with Crippen LogP contribution in [0.2, 0.25) is 0 Å². The van der Waals surface area contributed by atoms with Crippen molar-refractivity contribution in [1.82, 2.24) is 4.98 Å². The Morgan fingerprint density at radius 3 is 2.54 bits per heavy atom. The minimum atomic E-state index is 0.215. The van der Waals surface area contributed by atoms with E-state index in [1.807, 2.05) is 66.9 Å². The van der Waals surface area contributed by atoms with Crippen LogP contribution in [0.4, 0.5) is 5.69 Å². The Morgan fingerprint density at radius 2 is 1.71 bits per heavy atom. The van der Waals surface area contributed by atoms with Crippen LogP contribution < -0.4 is 0 Å². The van der Waals surface area contributed by atoms with Crippen LogP contribution in [0.5, 0.6) is 5.75 Å². The highest BCUT2D eigenvalue weighted by Crippen LogP contribution is 2.37. The summed E-state index contributed by atoms with van der Waals surface area (Å²) in [6.45, 7) is 0. The molecule has 116 valence electrons. The number of hydrogen-bond acceptors (Lipinski definition) is 4. The van der Waals surface area contributed by atoms with Crippen LogP contribution >= 0.6 is 11.3 Å². The van der Waals surface area contributed by atoms with E-state index in [0.717, 1.165) is 26.5 Å². The van der Waals surface area contributed by atoms with Crippen LogP contribution in [-0.2, 0) is 0 Å². The summed E-state index contributed by atoms with van der Waals surface area (Å²) in [5, 5.41) is 11.0. The monoisotopic (exact) mass is 330 g/mol. The number of hydrogen-bond donors (Lipinski definition) is 1. The maximum Gasteiger partial charge on any atom is 0.128 e. The van der Waals surface area contributed by atoms with Crippen molar-refractivity contribution in [3.05, 3.63) is 78.4 Å². The van der Waals surface area contributed by atoms with Gasteiger partial charge in [0.1, 0.15) is 10.8 Å². The Kier molecular flexibility index (Phi) is 3.81. The van der Waals surface area contributed by atoms with Crippen LogP contribution in [0.3, 0.4) is 0 Å². The summed E-state index contributed by atoms with van der Waals surface area (Å²) >= 11 is 1.56. The third-order valence-electron chi connectivity index (χ3n) is 3.67. The van der Waals surface area contributed by atoms with Gasteiger partial charge in [-0.3, -0.25) is 4.99 Å². The molecule has 0 saturated heterocycles. The first-order valence-electron chi connectivity index (χ1n) is 7.58. The van der Waals surface area contributed by atoms with E-state index in [0.29, 0.717) is 5.56 Å². The molecule has 0 radical (unpaired) electrons. The Bertz CT molecular complexity index is 989. The summed E-state index contributed by atoms with van der Waals surface area (Å²) in [6.07, 6.45) is 1.81. The van der Waals surface area contributed by atoms with Gasteiger partial charge < -0.3 is 5.11 Å². The molecule has 0 spiro atoms. The van der Waals surface area contributed by atoms with Crippen LogP contribution in [-0.4, -0.2) is 16.3 Å². The summed E-state index contributed by atoms with van der Waals surface area (Å²) in [5.74, 6) is 0.215. The molecule has 4 heteroatoms. The van der Waals surface area contributed by atoms with Crippen LogP contribution in [0.1, 0.15) is 5.56 Å². The van der Waals surface area contributed by atoms with Crippen LogP contribution in [0, 0.1) is 0 Å². The molecule has 0 atom stereocenters. The predicted octanol–water partition coefficient (Wildman–Crippen LogP) is 5.42. The molecule has 0 fully saturated rings. The van der Waals surface area contributed by atoms with Gasteiger partial charge in [0.05, 0.1) is 21.5 Å². The third-order valence-corrected chi connectivity index (χ3v) is 4.74. The fourth-order valence-electron chi connectivity index (χ4n) is 2.45. The van der Waals surface area contributed by atoms with Crippen LogP contribution in [0.25, 0.3) is 20.8 Å². The molecule has 1 aromatic heterocycles. The van der Waals surface area contributed by atoms with Crippen molar-refractivity contribution in [3.8, 4) is 16.3 Å². The van der Waals surface area contributed by atoms with Crippen molar-refractivity contribution in [1.29, 1.82) is 0 Å². The van der Waals surface area contributed by atoms with Crippen LogP contribution in [0.15, 0.2) is 77.8 Å². The lowest BCUT2D eigenvalue weighted by Crippen LogP contribution is -1.80. The van der Waals surface area contributed by atoms with Gasteiger partial charge in [-0.15, -0.1) is 11.3 Å². The summed E-state index contributed by atoms with van der Waals surface area (Å²) in [4.78, 5) is 9.11. The van der Waals surface area contributed by atoms with Gasteiger partial charge in [-0.1, -0.05) is 42.5 Å². The van der Waals surface area contributed by atoms with E-state index in [4.69, 9.17) is 0 Å². The minimum absolute atomic E-state index is 0.215. The number of aromatic hydroxyl groups is 1. The average molecular weight is 330 g/mol. The Balaban J connectivity index is 1.72. The van der Waals surface area contributed by atoms with E-state index in [2.05, 4.69) is 9.98 Å². The van der Waals surface area contributed by atoms with Gasteiger partial charge in [0, 0.05) is 6.21 Å². The van der Waals surface area contributed by atoms with Gasteiger partial charge in [0.15, 0.2) is 0 Å². The lowest BCUT2D eigenvalue weighted by Gasteiger charge is -2.02. The van der Waals surface area contributed by atoms with Crippen molar-refractivity contribution < 1.29 is 5.11 Å². The Labute approximate surface area is 143 Å². The molecule has 0 amide bonds. The maximum absolute atomic E-state index is 10.2. The van der Waals surface area contributed by atoms with Crippen molar-refractivity contribution in [2.24, 2.45) is 4.99 Å². The molecule has 0 saturated carbocycles. The van der Waals surface area contributed by atoms with Crippen molar-refractivity contribution in [2.45, 2.75) is 0 Å². The molecular weight excluding hydrogens is 316 g/mol. The normalized spacial score (nSPS) is 11.3. The SMILES string of the molecule is Oc1ccc(N=Cc2ccccc2)cc1-c1nc2ccccc2s1. The standard InChI is InChI=1S/C20H14N2OS/c23-18-11-10-15(21-13-14-6-2-1-3-7-14)12-16(18)20-22-17-8-4-5-9-19(17)24-20/h1-13,23H. The topological polar surface area (TPSA) is 45.5 Å².